The first-order valence-corrected chi connectivity index (χ1v) is 23.6. The Kier molecular flexibility index (Phi) is 9.10. The smallest absolute Gasteiger partial charge is 0.235 e. The van der Waals surface area contributed by atoms with Crippen LogP contribution in [0.4, 0.5) is 0 Å². The first-order chi connectivity index (χ1) is 34.7. The van der Waals surface area contributed by atoms with Crippen molar-refractivity contribution in [3.63, 3.8) is 0 Å². The van der Waals surface area contributed by atoms with Gasteiger partial charge in [-0.2, -0.15) is 0 Å². The van der Waals surface area contributed by atoms with E-state index in [1.807, 2.05) is 18.2 Å². The molecule has 6 heteroatoms. The van der Waals surface area contributed by atoms with Crippen LogP contribution in [-0.4, -0.2) is 29.1 Å². The highest BCUT2D eigenvalue weighted by Crippen LogP contribution is 2.40. The minimum absolute atomic E-state index is 0.630. The third kappa shape index (κ3) is 6.49. The van der Waals surface area contributed by atoms with Crippen LogP contribution in [0, 0.1) is 0 Å². The van der Waals surface area contributed by atoms with Crippen molar-refractivity contribution in [2.24, 2.45) is 0 Å². The van der Waals surface area contributed by atoms with Crippen LogP contribution < -0.4 is 0 Å². The van der Waals surface area contributed by atoms with Crippen molar-refractivity contribution < 1.29 is 0 Å². The summed E-state index contributed by atoms with van der Waals surface area (Å²) < 4.78 is 4.61. The first-order valence-electron chi connectivity index (χ1n) is 23.6. The Morgan fingerprint density at radius 3 is 1.30 bits per heavy atom. The Hall–Kier alpha value is -9.52. The molecule has 0 spiro atoms. The monoisotopic (exact) mass is 892 g/mol. The molecule has 6 nitrogen and oxygen atoms in total. The number of fused-ring (bicyclic) bond motifs is 8. The minimum atomic E-state index is 0.630. The minimum Gasteiger partial charge on any atom is -0.309 e. The van der Waals surface area contributed by atoms with Gasteiger partial charge in [-0.3, -0.25) is 4.57 Å². The summed E-state index contributed by atoms with van der Waals surface area (Å²) in [6, 6.07) is 85.6. The summed E-state index contributed by atoms with van der Waals surface area (Å²) in [5.74, 6) is 0.630. The molecule has 10 aromatic carbocycles. The van der Waals surface area contributed by atoms with E-state index in [1.165, 1.54) is 16.3 Å². The van der Waals surface area contributed by atoms with Gasteiger partial charge >= 0.3 is 0 Å². The highest BCUT2D eigenvalue weighted by molar-refractivity contribution is 6.12. The molecule has 0 aliphatic rings. The Balaban J connectivity index is 0.928. The molecule has 70 heavy (non-hydrogen) atoms. The molecule has 4 aromatic heterocycles. The Morgan fingerprint density at radius 1 is 0.229 bits per heavy atom. The van der Waals surface area contributed by atoms with Crippen LogP contribution in [-0.2, 0) is 0 Å². The predicted octanol–water partition coefficient (Wildman–Crippen LogP) is 16.1. The maximum atomic E-state index is 5.43. The van der Waals surface area contributed by atoms with Gasteiger partial charge in [-0.15, -0.1) is 0 Å². The molecule has 0 radical (unpaired) electrons. The summed E-state index contributed by atoms with van der Waals surface area (Å²) in [4.78, 5) is 21.3. The predicted molar refractivity (Wildman–Crippen MR) is 288 cm³/mol. The zero-order chi connectivity index (χ0) is 46.1. The van der Waals surface area contributed by atoms with Gasteiger partial charge in [0.1, 0.15) is 0 Å². The van der Waals surface area contributed by atoms with Crippen molar-refractivity contribution in [1.29, 1.82) is 0 Å². The lowest BCUT2D eigenvalue weighted by molar-refractivity contribution is 1.01. The molecule has 0 amide bonds. The van der Waals surface area contributed by atoms with Gasteiger partial charge in [0.2, 0.25) is 5.95 Å². The second kappa shape index (κ2) is 16.1. The summed E-state index contributed by atoms with van der Waals surface area (Å²) in [5.41, 5.74) is 18.2. The van der Waals surface area contributed by atoms with Crippen molar-refractivity contribution in [3.8, 4) is 67.7 Å². The standard InChI is InChI=1S/C64H40N6/c1-4-16-41(17-5-1)42-28-30-45(31-29-42)61-53-24-10-13-25-54(53)67-64(68-61)70-58-27-15-12-23-50(58)52-36-33-47(39-60(52)70)46-32-35-51-49-22-11-14-26-57(49)69(59(51)38-46)48-34-37-55-56(40-48)66-63(44-20-8-3-9-21-44)62(65-55)43-18-6-2-7-19-43/h1-40H. The number of rotatable bonds is 7. The van der Waals surface area contributed by atoms with Gasteiger partial charge in [0, 0.05) is 49.3 Å². The van der Waals surface area contributed by atoms with E-state index in [4.69, 9.17) is 19.9 Å². The maximum Gasteiger partial charge on any atom is 0.235 e. The molecule has 326 valence electrons. The quantitative estimate of drug-likeness (QED) is 0.160. The molecule has 0 N–H and O–H groups in total. The summed E-state index contributed by atoms with van der Waals surface area (Å²) >= 11 is 0. The number of hydrogen-bond acceptors (Lipinski definition) is 4. The van der Waals surface area contributed by atoms with Crippen LogP contribution in [0.3, 0.4) is 0 Å². The third-order valence-electron chi connectivity index (χ3n) is 13.7. The van der Waals surface area contributed by atoms with E-state index in [0.29, 0.717) is 5.95 Å². The van der Waals surface area contributed by atoms with E-state index in [-0.39, 0.29) is 0 Å². The summed E-state index contributed by atoms with van der Waals surface area (Å²) in [6.07, 6.45) is 0. The zero-order valence-corrected chi connectivity index (χ0v) is 37.8. The average Bonchev–Trinajstić information content (AvgIpc) is 3.95. The summed E-state index contributed by atoms with van der Waals surface area (Å²) in [7, 11) is 0. The second-order valence-corrected chi connectivity index (χ2v) is 17.8. The van der Waals surface area contributed by atoms with Gasteiger partial charge < -0.3 is 4.57 Å². The molecular formula is C64H40N6. The van der Waals surface area contributed by atoms with Crippen molar-refractivity contribution in [2.45, 2.75) is 0 Å². The Labute approximate surface area is 403 Å². The molecule has 4 heterocycles. The Bertz CT molecular complexity index is 4330. The lowest BCUT2D eigenvalue weighted by Gasteiger charge is -2.13. The van der Waals surface area contributed by atoms with E-state index in [2.05, 4.69) is 234 Å². The molecule has 0 saturated carbocycles. The fourth-order valence-corrected chi connectivity index (χ4v) is 10.4. The molecule has 0 unspecified atom stereocenters. The average molecular weight is 893 g/mol. The number of benzene rings is 10. The largest absolute Gasteiger partial charge is 0.309 e. The van der Waals surface area contributed by atoms with Gasteiger partial charge in [-0.1, -0.05) is 194 Å². The molecule has 0 atom stereocenters. The number of aromatic nitrogens is 6. The molecule has 0 bridgehead atoms. The van der Waals surface area contributed by atoms with Crippen LogP contribution in [0.25, 0.3) is 133 Å². The van der Waals surface area contributed by atoms with Gasteiger partial charge in [0.15, 0.2) is 0 Å². The number of hydrogen-bond donors (Lipinski definition) is 0. The van der Waals surface area contributed by atoms with Crippen molar-refractivity contribution in [2.75, 3.05) is 0 Å². The zero-order valence-electron chi connectivity index (χ0n) is 37.8. The van der Waals surface area contributed by atoms with Gasteiger partial charge in [-0.05, 0) is 70.8 Å². The normalized spacial score (nSPS) is 11.7. The Morgan fingerprint density at radius 2 is 0.671 bits per heavy atom. The molecule has 0 aliphatic carbocycles. The van der Waals surface area contributed by atoms with E-state index in [0.717, 1.165) is 111 Å². The van der Waals surface area contributed by atoms with Crippen LogP contribution in [0.5, 0.6) is 0 Å². The molecule has 14 aromatic rings. The van der Waals surface area contributed by atoms with Gasteiger partial charge in [0.05, 0.1) is 55.7 Å². The first kappa shape index (κ1) is 39.6. The lowest BCUT2D eigenvalue weighted by Crippen LogP contribution is -2.03. The molecule has 0 saturated heterocycles. The van der Waals surface area contributed by atoms with E-state index < -0.39 is 0 Å². The third-order valence-corrected chi connectivity index (χ3v) is 13.7. The van der Waals surface area contributed by atoms with Crippen LogP contribution in [0.1, 0.15) is 0 Å². The lowest BCUT2D eigenvalue weighted by atomic mass is 10.0. The van der Waals surface area contributed by atoms with Crippen molar-refractivity contribution in [3.05, 3.63) is 243 Å². The van der Waals surface area contributed by atoms with Crippen LogP contribution in [0.2, 0.25) is 0 Å². The molecule has 0 aliphatic heterocycles. The SMILES string of the molecule is c1ccc(-c2ccc(-c3nc(-n4c5ccccc5c5ccc(-c6ccc7c8ccccc8n(-c8ccc9nc(-c%10ccccc%10)c(-c%10ccccc%10)nc9c8)c7c6)cc54)nc4ccccc34)cc2)cc1. The second-order valence-electron chi connectivity index (χ2n) is 17.8. The van der Waals surface area contributed by atoms with Crippen molar-refractivity contribution >= 4 is 65.5 Å². The van der Waals surface area contributed by atoms with Crippen LogP contribution >= 0.6 is 0 Å². The maximum absolute atomic E-state index is 5.43. The summed E-state index contributed by atoms with van der Waals surface area (Å²) in [6.45, 7) is 0. The fourth-order valence-electron chi connectivity index (χ4n) is 10.4. The number of para-hydroxylation sites is 3. The summed E-state index contributed by atoms with van der Waals surface area (Å²) in [5, 5.41) is 5.67. The highest BCUT2D eigenvalue weighted by atomic mass is 15.2. The van der Waals surface area contributed by atoms with Crippen molar-refractivity contribution in [1.82, 2.24) is 29.1 Å². The molecule has 0 fully saturated rings. The fraction of sp³-hybridized carbons (Fsp3) is 0. The van der Waals surface area contributed by atoms with E-state index in [9.17, 15) is 0 Å². The molecular weight excluding hydrogens is 853 g/mol. The topological polar surface area (TPSA) is 61.4 Å². The van der Waals surface area contributed by atoms with E-state index >= 15 is 0 Å². The van der Waals surface area contributed by atoms with Gasteiger partial charge in [0.25, 0.3) is 0 Å². The van der Waals surface area contributed by atoms with Crippen LogP contribution in [0.15, 0.2) is 243 Å². The highest BCUT2D eigenvalue weighted by Gasteiger charge is 2.20. The number of nitrogens with zero attached hydrogens (tertiary/aromatic N) is 6. The van der Waals surface area contributed by atoms with E-state index in [1.54, 1.807) is 0 Å². The van der Waals surface area contributed by atoms with Gasteiger partial charge in [-0.25, -0.2) is 19.9 Å². The molecule has 14 rings (SSSR count).